The van der Waals surface area contributed by atoms with Gasteiger partial charge in [-0.1, -0.05) is 24.3 Å². The van der Waals surface area contributed by atoms with Crippen molar-refractivity contribution in [1.82, 2.24) is 15.6 Å². The lowest BCUT2D eigenvalue weighted by Crippen LogP contribution is -2.17. The van der Waals surface area contributed by atoms with Crippen LogP contribution in [0.3, 0.4) is 0 Å². The van der Waals surface area contributed by atoms with Crippen molar-refractivity contribution in [1.29, 1.82) is 0 Å². The topological polar surface area (TPSA) is 144 Å². The van der Waals surface area contributed by atoms with E-state index < -0.39 is 10.8 Å². The van der Waals surface area contributed by atoms with E-state index >= 15 is 0 Å². The maximum Gasteiger partial charge on any atom is 0.278 e. The third kappa shape index (κ3) is 4.33. The van der Waals surface area contributed by atoms with Crippen LogP contribution in [-0.4, -0.2) is 32.3 Å². The van der Waals surface area contributed by atoms with Gasteiger partial charge in [-0.3, -0.25) is 14.9 Å². The number of hydrogen-bond donors (Lipinski definition) is 2. The van der Waals surface area contributed by atoms with Crippen molar-refractivity contribution in [2.45, 2.75) is 0 Å². The zero-order valence-corrected chi connectivity index (χ0v) is 16.4. The van der Waals surface area contributed by atoms with Crippen LogP contribution in [-0.2, 0) is 0 Å². The lowest BCUT2D eigenvalue weighted by molar-refractivity contribution is -0.385. The molecule has 0 aliphatic carbocycles. The van der Waals surface area contributed by atoms with Crippen molar-refractivity contribution in [2.24, 2.45) is 5.10 Å². The molecule has 10 heteroatoms. The first-order chi connectivity index (χ1) is 15.5. The van der Waals surface area contributed by atoms with Gasteiger partial charge >= 0.3 is 0 Å². The first-order valence-electron chi connectivity index (χ1n) is 9.32. The maximum atomic E-state index is 12.3. The van der Waals surface area contributed by atoms with Crippen molar-refractivity contribution in [3.8, 4) is 28.7 Å². The number of amides is 1. The highest BCUT2D eigenvalue weighted by Crippen LogP contribution is 2.29. The second kappa shape index (κ2) is 8.88. The molecule has 158 valence electrons. The first kappa shape index (κ1) is 20.4. The average molecular weight is 429 g/mol. The molecule has 0 unspecified atom stereocenters. The van der Waals surface area contributed by atoms with Crippen LogP contribution in [0.15, 0.2) is 82.3 Å². The fraction of sp³-hybridized carbons (Fsp3) is 0. The van der Waals surface area contributed by atoms with Crippen LogP contribution in [0.2, 0.25) is 0 Å². The van der Waals surface area contributed by atoms with Gasteiger partial charge in [-0.2, -0.15) is 5.10 Å². The van der Waals surface area contributed by atoms with E-state index in [1.807, 2.05) is 0 Å². The molecule has 1 amide bonds. The van der Waals surface area contributed by atoms with Gasteiger partial charge in [-0.15, -0.1) is 10.2 Å². The molecule has 2 N–H and O–H groups in total. The minimum absolute atomic E-state index is 0.0242. The Morgan fingerprint density at radius 1 is 1.00 bits per heavy atom. The molecule has 1 heterocycles. The van der Waals surface area contributed by atoms with E-state index in [1.165, 1.54) is 24.4 Å². The number of hydrazone groups is 1. The summed E-state index contributed by atoms with van der Waals surface area (Å²) in [6.45, 7) is 0. The second-order valence-electron chi connectivity index (χ2n) is 6.52. The van der Waals surface area contributed by atoms with Crippen LogP contribution < -0.4 is 5.43 Å². The maximum absolute atomic E-state index is 12.3. The molecule has 4 aromatic rings. The van der Waals surface area contributed by atoms with Crippen molar-refractivity contribution in [3.05, 3.63) is 94.0 Å². The highest BCUT2D eigenvalue weighted by atomic mass is 16.6. The van der Waals surface area contributed by atoms with Crippen molar-refractivity contribution < 1.29 is 19.2 Å². The Hall–Kier alpha value is -4.86. The molecule has 0 aliphatic heterocycles. The lowest BCUT2D eigenvalue weighted by atomic mass is 10.1. The first-order valence-corrected chi connectivity index (χ1v) is 9.32. The average Bonchev–Trinajstić information content (AvgIpc) is 3.29. The number of phenolic OH excluding ortho intramolecular Hbond substituents is 1. The third-order valence-corrected chi connectivity index (χ3v) is 4.46. The van der Waals surface area contributed by atoms with Crippen LogP contribution in [0.5, 0.6) is 5.75 Å². The van der Waals surface area contributed by atoms with Gasteiger partial charge in [0.1, 0.15) is 5.75 Å². The van der Waals surface area contributed by atoms with E-state index in [-0.39, 0.29) is 28.8 Å². The van der Waals surface area contributed by atoms with Crippen molar-refractivity contribution in [2.75, 3.05) is 0 Å². The number of nitrogens with zero attached hydrogens (tertiary/aromatic N) is 4. The standard InChI is InChI=1S/C22H15N5O5/c28-19-8-4-2-6-17(19)22-26-25-21(32-22)15-11-9-14(10-12-15)20(29)24-23-13-16-5-1-3-7-18(16)27(30)31/h1-13,28H,(H,24,29)/b23-13+. The van der Waals surface area contributed by atoms with Gasteiger partial charge in [0.25, 0.3) is 17.5 Å². The summed E-state index contributed by atoms with van der Waals surface area (Å²) < 4.78 is 5.62. The molecule has 1 aromatic heterocycles. The van der Waals surface area contributed by atoms with Gasteiger partial charge in [-0.05, 0) is 42.5 Å². The molecular formula is C22H15N5O5. The smallest absolute Gasteiger partial charge is 0.278 e. The Bertz CT molecular complexity index is 1310. The monoisotopic (exact) mass is 429 g/mol. The van der Waals surface area contributed by atoms with E-state index in [2.05, 4.69) is 20.7 Å². The minimum Gasteiger partial charge on any atom is -0.507 e. The summed E-state index contributed by atoms with van der Waals surface area (Å²) in [5.41, 5.74) is 3.80. The van der Waals surface area contributed by atoms with Gasteiger partial charge in [0.15, 0.2) is 0 Å². The Labute approximate surface area is 181 Å². The SMILES string of the molecule is O=C(N/N=C/c1ccccc1[N+](=O)[O-])c1ccc(-c2nnc(-c3ccccc3O)o2)cc1. The summed E-state index contributed by atoms with van der Waals surface area (Å²) in [6, 6.07) is 19.0. The van der Waals surface area contributed by atoms with Crippen LogP contribution in [0, 0.1) is 10.1 Å². The Balaban J connectivity index is 1.45. The number of hydrogen-bond acceptors (Lipinski definition) is 8. The number of carbonyl (C=O) groups excluding carboxylic acids is 1. The van der Waals surface area contributed by atoms with Crippen LogP contribution >= 0.6 is 0 Å². The third-order valence-electron chi connectivity index (χ3n) is 4.46. The molecule has 0 saturated heterocycles. The molecule has 10 nitrogen and oxygen atoms in total. The molecule has 0 bridgehead atoms. The zero-order chi connectivity index (χ0) is 22.5. The second-order valence-corrected chi connectivity index (χ2v) is 6.52. The van der Waals surface area contributed by atoms with Gasteiger partial charge in [0, 0.05) is 17.2 Å². The summed E-state index contributed by atoms with van der Waals surface area (Å²) in [7, 11) is 0. The number of rotatable bonds is 6. The van der Waals surface area contributed by atoms with Gasteiger partial charge < -0.3 is 9.52 Å². The van der Waals surface area contributed by atoms with E-state index in [4.69, 9.17) is 4.42 Å². The summed E-state index contributed by atoms with van der Waals surface area (Å²) in [5, 5.41) is 32.6. The van der Waals surface area contributed by atoms with E-state index in [9.17, 15) is 20.0 Å². The zero-order valence-electron chi connectivity index (χ0n) is 16.4. The summed E-state index contributed by atoms with van der Waals surface area (Å²) >= 11 is 0. The van der Waals surface area contributed by atoms with Gasteiger partial charge in [-0.25, -0.2) is 5.43 Å². The number of nitrogens with one attached hydrogen (secondary N) is 1. The summed E-state index contributed by atoms with van der Waals surface area (Å²) in [4.78, 5) is 22.8. The minimum atomic E-state index is -0.524. The normalized spacial score (nSPS) is 10.9. The Morgan fingerprint density at radius 2 is 1.69 bits per heavy atom. The van der Waals surface area contributed by atoms with Crippen LogP contribution in [0.4, 0.5) is 5.69 Å². The summed E-state index contributed by atoms with van der Waals surface area (Å²) in [5.74, 6) is -0.0724. The van der Waals surface area contributed by atoms with Crippen LogP contribution in [0.25, 0.3) is 22.9 Å². The van der Waals surface area contributed by atoms with Crippen molar-refractivity contribution in [3.63, 3.8) is 0 Å². The van der Waals surface area contributed by atoms with Crippen LogP contribution in [0.1, 0.15) is 15.9 Å². The largest absolute Gasteiger partial charge is 0.507 e. The molecule has 0 saturated carbocycles. The molecule has 0 radical (unpaired) electrons. The Morgan fingerprint density at radius 3 is 2.44 bits per heavy atom. The highest BCUT2D eigenvalue weighted by molar-refractivity contribution is 5.95. The fourth-order valence-electron chi connectivity index (χ4n) is 2.86. The highest BCUT2D eigenvalue weighted by Gasteiger charge is 2.14. The molecule has 3 aromatic carbocycles. The van der Waals surface area contributed by atoms with Crippen molar-refractivity contribution >= 4 is 17.8 Å². The summed E-state index contributed by atoms with van der Waals surface area (Å²) in [6.07, 6.45) is 1.21. The number of aromatic hydroxyl groups is 1. The molecule has 0 spiro atoms. The Kier molecular flexibility index (Phi) is 5.66. The molecular weight excluding hydrogens is 414 g/mol. The molecule has 32 heavy (non-hydrogen) atoms. The number of para-hydroxylation sites is 2. The van der Waals surface area contributed by atoms with E-state index in [0.29, 0.717) is 16.7 Å². The van der Waals surface area contributed by atoms with Gasteiger partial charge in [0.05, 0.1) is 22.3 Å². The number of aromatic nitrogens is 2. The molecule has 0 fully saturated rings. The number of nitro groups is 1. The van der Waals surface area contributed by atoms with E-state index in [0.717, 1.165) is 0 Å². The predicted molar refractivity (Wildman–Crippen MR) is 115 cm³/mol. The molecule has 0 atom stereocenters. The molecule has 0 aliphatic rings. The molecule has 4 rings (SSSR count). The number of benzene rings is 3. The fourth-order valence-corrected chi connectivity index (χ4v) is 2.86. The van der Waals surface area contributed by atoms with Gasteiger partial charge in [0.2, 0.25) is 5.89 Å². The number of phenols is 1. The lowest BCUT2D eigenvalue weighted by Gasteiger charge is -2.01. The van der Waals surface area contributed by atoms with E-state index in [1.54, 1.807) is 54.6 Å². The predicted octanol–water partition coefficient (Wildman–Crippen LogP) is 3.78. The number of carbonyl (C=O) groups is 1. The number of nitro benzene ring substituents is 1. The quantitative estimate of drug-likeness (QED) is 0.270.